The maximum Gasteiger partial charge on any atom is 0.221 e. The molecule has 1 heterocycles. The molecule has 0 fully saturated rings. The predicted octanol–water partition coefficient (Wildman–Crippen LogP) is 1.90. The van der Waals surface area contributed by atoms with Crippen LogP contribution in [0.25, 0.3) is 0 Å². The molecule has 1 rings (SSSR count). The number of carbonyl (C=O) groups excluding carboxylic acids is 1. The highest BCUT2D eigenvalue weighted by atomic mass is 16.1. The zero-order chi connectivity index (χ0) is 10.9. The lowest BCUT2D eigenvalue weighted by molar-refractivity contribution is -0.114. The fourth-order valence-electron chi connectivity index (χ4n) is 1.12. The Kier molecular flexibility index (Phi) is 2.64. The number of amides is 1. The summed E-state index contributed by atoms with van der Waals surface area (Å²) >= 11 is 0. The highest BCUT2D eigenvalue weighted by Gasteiger charge is 2.16. The second kappa shape index (κ2) is 3.44. The molecule has 0 saturated carbocycles. The predicted molar refractivity (Wildman–Crippen MR) is 56.3 cm³/mol. The van der Waals surface area contributed by atoms with Gasteiger partial charge in [-0.05, 0) is 27.7 Å². The summed E-state index contributed by atoms with van der Waals surface area (Å²) in [7, 11) is 0. The van der Waals surface area contributed by atoms with E-state index in [1.54, 1.807) is 0 Å². The molecule has 0 bridgehead atoms. The first-order valence-electron chi connectivity index (χ1n) is 4.65. The van der Waals surface area contributed by atoms with E-state index in [0.717, 1.165) is 11.4 Å². The van der Waals surface area contributed by atoms with Crippen LogP contribution < -0.4 is 5.32 Å². The van der Waals surface area contributed by atoms with Crippen molar-refractivity contribution in [3.63, 3.8) is 0 Å². The molecular formula is C10H17N3O. The minimum absolute atomic E-state index is 0.0541. The zero-order valence-electron chi connectivity index (χ0n) is 9.38. The maximum atomic E-state index is 10.9. The van der Waals surface area contributed by atoms with Crippen molar-refractivity contribution in [3.8, 4) is 0 Å². The van der Waals surface area contributed by atoms with E-state index in [1.807, 2.05) is 17.8 Å². The lowest BCUT2D eigenvalue weighted by Crippen LogP contribution is -2.22. The highest BCUT2D eigenvalue weighted by Crippen LogP contribution is 2.19. The largest absolute Gasteiger partial charge is 0.323 e. The van der Waals surface area contributed by atoms with Crippen molar-refractivity contribution in [3.05, 3.63) is 11.9 Å². The monoisotopic (exact) mass is 195 g/mol. The first kappa shape index (κ1) is 10.8. The van der Waals surface area contributed by atoms with Crippen LogP contribution in [0.4, 0.5) is 5.69 Å². The van der Waals surface area contributed by atoms with E-state index < -0.39 is 0 Å². The van der Waals surface area contributed by atoms with Gasteiger partial charge >= 0.3 is 0 Å². The van der Waals surface area contributed by atoms with Gasteiger partial charge in [0, 0.05) is 13.1 Å². The molecule has 0 aliphatic heterocycles. The Labute approximate surface area is 84.3 Å². The number of nitrogens with zero attached hydrogens (tertiary/aromatic N) is 2. The number of hydrogen-bond donors (Lipinski definition) is 1. The third-order valence-electron chi connectivity index (χ3n) is 1.90. The van der Waals surface area contributed by atoms with Crippen LogP contribution in [0.5, 0.6) is 0 Å². The molecule has 4 nitrogen and oxygen atoms in total. The van der Waals surface area contributed by atoms with E-state index in [-0.39, 0.29) is 11.4 Å². The normalized spacial score (nSPS) is 11.5. The number of rotatable bonds is 1. The van der Waals surface area contributed by atoms with Crippen LogP contribution in [-0.2, 0) is 10.3 Å². The quantitative estimate of drug-likeness (QED) is 0.744. The molecule has 0 unspecified atom stereocenters. The molecule has 1 amide bonds. The van der Waals surface area contributed by atoms with Gasteiger partial charge in [0.2, 0.25) is 5.91 Å². The van der Waals surface area contributed by atoms with Gasteiger partial charge in [-0.2, -0.15) is 5.10 Å². The molecule has 0 atom stereocenters. The summed E-state index contributed by atoms with van der Waals surface area (Å²) < 4.78 is 1.85. The molecule has 0 saturated heterocycles. The van der Waals surface area contributed by atoms with E-state index in [0.29, 0.717) is 0 Å². The summed E-state index contributed by atoms with van der Waals surface area (Å²) in [5.41, 5.74) is 1.57. The standard InChI is InChI=1S/C10H17N3O/c1-7-9(11-8(2)14)6-13(12-7)10(3,4)5/h6H,1-5H3,(H,11,14). The minimum Gasteiger partial charge on any atom is -0.323 e. The molecule has 0 aromatic carbocycles. The van der Waals surface area contributed by atoms with Gasteiger partial charge in [0.15, 0.2) is 0 Å². The first-order chi connectivity index (χ1) is 6.30. The van der Waals surface area contributed by atoms with Gasteiger partial charge < -0.3 is 5.32 Å². The number of aromatic nitrogens is 2. The van der Waals surface area contributed by atoms with E-state index in [2.05, 4.69) is 31.2 Å². The molecule has 78 valence electrons. The number of aryl methyl sites for hydroxylation is 1. The summed E-state index contributed by atoms with van der Waals surface area (Å²) in [6, 6.07) is 0. The Bertz CT molecular complexity index is 347. The molecule has 14 heavy (non-hydrogen) atoms. The van der Waals surface area contributed by atoms with Gasteiger partial charge in [0.05, 0.1) is 16.9 Å². The highest BCUT2D eigenvalue weighted by molar-refractivity contribution is 5.89. The van der Waals surface area contributed by atoms with E-state index in [4.69, 9.17) is 0 Å². The number of carbonyl (C=O) groups is 1. The maximum absolute atomic E-state index is 10.9. The van der Waals surface area contributed by atoms with Crippen LogP contribution in [0.3, 0.4) is 0 Å². The Balaban J connectivity index is 2.99. The Hall–Kier alpha value is -1.32. The summed E-state index contributed by atoms with van der Waals surface area (Å²) in [4.78, 5) is 10.9. The summed E-state index contributed by atoms with van der Waals surface area (Å²) in [6.45, 7) is 9.58. The van der Waals surface area contributed by atoms with E-state index >= 15 is 0 Å². The molecular weight excluding hydrogens is 178 g/mol. The third-order valence-corrected chi connectivity index (χ3v) is 1.90. The average molecular weight is 195 g/mol. The molecule has 0 radical (unpaired) electrons. The van der Waals surface area contributed by atoms with Crippen LogP contribution in [0, 0.1) is 6.92 Å². The molecule has 0 aliphatic rings. The van der Waals surface area contributed by atoms with Crippen molar-refractivity contribution < 1.29 is 4.79 Å². The smallest absolute Gasteiger partial charge is 0.221 e. The third kappa shape index (κ3) is 2.34. The van der Waals surface area contributed by atoms with Gasteiger partial charge in [0.1, 0.15) is 0 Å². The molecule has 4 heteroatoms. The Morgan fingerprint density at radius 1 is 1.50 bits per heavy atom. The summed E-state index contributed by atoms with van der Waals surface area (Å²) in [5, 5.41) is 7.08. The van der Waals surface area contributed by atoms with Crippen molar-refractivity contribution in [2.75, 3.05) is 5.32 Å². The van der Waals surface area contributed by atoms with Crippen molar-refractivity contribution in [1.29, 1.82) is 0 Å². The lowest BCUT2D eigenvalue weighted by atomic mass is 10.1. The van der Waals surface area contributed by atoms with Gasteiger partial charge in [-0.25, -0.2) is 0 Å². The number of nitrogens with one attached hydrogen (secondary N) is 1. The fraction of sp³-hybridized carbons (Fsp3) is 0.600. The lowest BCUT2D eigenvalue weighted by Gasteiger charge is -2.18. The van der Waals surface area contributed by atoms with Crippen LogP contribution >= 0.6 is 0 Å². The fourth-order valence-corrected chi connectivity index (χ4v) is 1.12. The second-order valence-corrected chi connectivity index (χ2v) is 4.42. The average Bonchev–Trinajstić information content (AvgIpc) is 2.30. The van der Waals surface area contributed by atoms with Crippen molar-refractivity contribution >= 4 is 11.6 Å². The molecule has 1 aromatic heterocycles. The van der Waals surface area contributed by atoms with Gasteiger partial charge in [0.25, 0.3) is 0 Å². The first-order valence-corrected chi connectivity index (χ1v) is 4.65. The van der Waals surface area contributed by atoms with Crippen molar-refractivity contribution in [2.24, 2.45) is 0 Å². The number of hydrogen-bond acceptors (Lipinski definition) is 2. The second-order valence-electron chi connectivity index (χ2n) is 4.42. The van der Waals surface area contributed by atoms with Crippen molar-refractivity contribution in [2.45, 2.75) is 40.2 Å². The zero-order valence-corrected chi connectivity index (χ0v) is 9.38. The Morgan fingerprint density at radius 2 is 2.07 bits per heavy atom. The molecule has 0 spiro atoms. The topological polar surface area (TPSA) is 46.9 Å². The summed E-state index contributed by atoms with van der Waals surface area (Å²) in [6.07, 6.45) is 1.86. The van der Waals surface area contributed by atoms with Gasteiger partial charge in [-0.1, -0.05) is 0 Å². The molecule has 0 aliphatic carbocycles. The Morgan fingerprint density at radius 3 is 2.43 bits per heavy atom. The van der Waals surface area contributed by atoms with Gasteiger partial charge in [-0.3, -0.25) is 9.48 Å². The SMILES string of the molecule is CC(=O)Nc1cn(C(C)(C)C)nc1C. The van der Waals surface area contributed by atoms with E-state index in [9.17, 15) is 4.79 Å². The molecule has 1 N–H and O–H groups in total. The van der Waals surface area contributed by atoms with Crippen LogP contribution in [0.2, 0.25) is 0 Å². The van der Waals surface area contributed by atoms with E-state index in [1.165, 1.54) is 6.92 Å². The number of anilines is 1. The van der Waals surface area contributed by atoms with Crippen molar-refractivity contribution in [1.82, 2.24) is 9.78 Å². The summed E-state index contributed by atoms with van der Waals surface area (Å²) in [5.74, 6) is -0.0680. The van der Waals surface area contributed by atoms with Crippen LogP contribution in [-0.4, -0.2) is 15.7 Å². The molecule has 1 aromatic rings. The minimum atomic E-state index is -0.0680. The van der Waals surface area contributed by atoms with Crippen LogP contribution in [0.1, 0.15) is 33.4 Å². The van der Waals surface area contributed by atoms with Gasteiger partial charge in [-0.15, -0.1) is 0 Å². The van der Waals surface area contributed by atoms with Crippen LogP contribution in [0.15, 0.2) is 6.20 Å².